The molecular weight excluding hydrogens is 264 g/mol. The molecule has 19 heavy (non-hydrogen) atoms. The van der Waals surface area contributed by atoms with Crippen molar-refractivity contribution in [3.63, 3.8) is 0 Å². The van der Waals surface area contributed by atoms with E-state index in [1.807, 2.05) is 38.1 Å². The summed E-state index contributed by atoms with van der Waals surface area (Å²) in [6.45, 7) is 5.18. The minimum Gasteiger partial charge on any atom is -0.494 e. The number of sulfonamides is 1. The van der Waals surface area contributed by atoms with E-state index in [1.54, 1.807) is 0 Å². The Morgan fingerprint density at radius 3 is 2.68 bits per heavy atom. The Balaban J connectivity index is 2.51. The topological polar surface area (TPSA) is 81.4 Å². The summed E-state index contributed by atoms with van der Waals surface area (Å²) in [7, 11) is -3.37. The molecule has 0 aliphatic carbocycles. The van der Waals surface area contributed by atoms with E-state index in [2.05, 4.69) is 5.32 Å². The molecule has 3 N–H and O–H groups in total. The van der Waals surface area contributed by atoms with Crippen molar-refractivity contribution in [3.8, 4) is 5.75 Å². The molecule has 0 spiro atoms. The smallest absolute Gasteiger partial charge is 0.209 e. The fourth-order valence-electron chi connectivity index (χ4n) is 1.83. The van der Waals surface area contributed by atoms with E-state index in [0.29, 0.717) is 19.6 Å². The van der Waals surface area contributed by atoms with Gasteiger partial charge >= 0.3 is 0 Å². The van der Waals surface area contributed by atoms with Crippen molar-refractivity contribution in [1.29, 1.82) is 0 Å². The quantitative estimate of drug-likeness (QED) is 0.708. The van der Waals surface area contributed by atoms with Gasteiger partial charge in [0.2, 0.25) is 10.0 Å². The molecule has 1 rings (SSSR count). The molecule has 0 heterocycles. The highest BCUT2D eigenvalue weighted by Gasteiger charge is 2.10. The van der Waals surface area contributed by atoms with Gasteiger partial charge < -0.3 is 10.1 Å². The fraction of sp³-hybridized carbons (Fsp3) is 0.538. The summed E-state index contributed by atoms with van der Waals surface area (Å²) in [6.07, 6.45) is 0.500. The van der Waals surface area contributed by atoms with Gasteiger partial charge in [-0.15, -0.1) is 0 Å². The first-order valence-corrected chi connectivity index (χ1v) is 8.11. The summed E-state index contributed by atoms with van der Waals surface area (Å²) in [6, 6.07) is 7.93. The lowest BCUT2D eigenvalue weighted by Crippen LogP contribution is -2.24. The van der Waals surface area contributed by atoms with Crippen LogP contribution in [-0.4, -0.2) is 27.3 Å². The van der Waals surface area contributed by atoms with Crippen molar-refractivity contribution in [2.75, 3.05) is 18.9 Å². The molecule has 1 unspecified atom stereocenters. The van der Waals surface area contributed by atoms with Crippen LogP contribution in [0, 0.1) is 0 Å². The lowest BCUT2D eigenvalue weighted by atomic mass is 10.1. The van der Waals surface area contributed by atoms with Crippen LogP contribution in [0.1, 0.15) is 31.9 Å². The predicted octanol–water partition coefficient (Wildman–Crippen LogP) is 1.41. The van der Waals surface area contributed by atoms with Crippen LogP contribution in [-0.2, 0) is 10.0 Å². The molecule has 0 aliphatic rings. The van der Waals surface area contributed by atoms with Crippen molar-refractivity contribution in [2.45, 2.75) is 26.3 Å². The molecule has 0 saturated carbocycles. The second-order valence-corrected chi connectivity index (χ2v) is 6.10. The second-order valence-electron chi connectivity index (χ2n) is 4.37. The maximum atomic E-state index is 10.8. The molecule has 1 aromatic carbocycles. The minimum atomic E-state index is -3.37. The van der Waals surface area contributed by atoms with E-state index >= 15 is 0 Å². The first-order valence-electron chi connectivity index (χ1n) is 6.39. The van der Waals surface area contributed by atoms with Crippen molar-refractivity contribution >= 4 is 10.0 Å². The third-order valence-corrected chi connectivity index (χ3v) is 3.60. The lowest BCUT2D eigenvalue weighted by Gasteiger charge is -2.17. The van der Waals surface area contributed by atoms with Crippen molar-refractivity contribution in [3.05, 3.63) is 29.8 Å². The van der Waals surface area contributed by atoms with Gasteiger partial charge in [0.15, 0.2) is 0 Å². The number of nitrogens with one attached hydrogen (secondary N) is 1. The van der Waals surface area contributed by atoms with Crippen LogP contribution in [0.15, 0.2) is 24.3 Å². The Morgan fingerprint density at radius 1 is 1.37 bits per heavy atom. The van der Waals surface area contributed by atoms with Crippen LogP contribution in [0.4, 0.5) is 0 Å². The second kappa shape index (κ2) is 7.47. The molecule has 0 saturated heterocycles. The van der Waals surface area contributed by atoms with Gasteiger partial charge in [0.25, 0.3) is 0 Å². The molecule has 0 amide bonds. The summed E-state index contributed by atoms with van der Waals surface area (Å²) in [5, 5.41) is 8.22. The molecular formula is C13H22N2O3S. The van der Waals surface area contributed by atoms with Crippen LogP contribution in [0.5, 0.6) is 5.75 Å². The Kier molecular flexibility index (Phi) is 6.27. The van der Waals surface area contributed by atoms with Crippen LogP contribution in [0.2, 0.25) is 0 Å². The summed E-state index contributed by atoms with van der Waals surface area (Å²) in [4.78, 5) is 0. The van der Waals surface area contributed by atoms with E-state index < -0.39 is 10.0 Å². The lowest BCUT2D eigenvalue weighted by molar-refractivity contribution is 0.332. The zero-order valence-corrected chi connectivity index (χ0v) is 12.2. The highest BCUT2D eigenvalue weighted by Crippen LogP contribution is 2.24. The molecule has 0 bridgehead atoms. The maximum Gasteiger partial charge on any atom is 0.209 e. The van der Waals surface area contributed by atoms with Gasteiger partial charge in [0.05, 0.1) is 12.4 Å². The third kappa shape index (κ3) is 6.04. The van der Waals surface area contributed by atoms with Gasteiger partial charge in [-0.25, -0.2) is 13.6 Å². The van der Waals surface area contributed by atoms with Gasteiger partial charge in [-0.3, -0.25) is 0 Å². The zero-order chi connectivity index (χ0) is 14.3. The van der Waals surface area contributed by atoms with E-state index in [1.165, 1.54) is 0 Å². The first kappa shape index (κ1) is 15.9. The van der Waals surface area contributed by atoms with E-state index in [9.17, 15) is 8.42 Å². The van der Waals surface area contributed by atoms with Crippen molar-refractivity contribution in [1.82, 2.24) is 5.32 Å². The highest BCUT2D eigenvalue weighted by atomic mass is 32.2. The van der Waals surface area contributed by atoms with E-state index in [0.717, 1.165) is 11.3 Å². The normalized spacial score (nSPS) is 13.2. The number of rotatable bonds is 8. The average Bonchev–Trinajstić information content (AvgIpc) is 2.34. The van der Waals surface area contributed by atoms with Crippen LogP contribution >= 0.6 is 0 Å². The standard InChI is InChI=1S/C13H22N2O3S/c1-3-18-13-8-5-4-7-12(13)11(2)15-9-6-10-19(14,16)17/h4-5,7-8,11,15H,3,6,9-10H2,1-2H3,(H2,14,16,17). The Hall–Kier alpha value is -1.11. The molecule has 0 radical (unpaired) electrons. The Labute approximate surface area is 115 Å². The molecule has 0 aliphatic heterocycles. The summed E-state index contributed by atoms with van der Waals surface area (Å²) >= 11 is 0. The Morgan fingerprint density at radius 2 is 2.05 bits per heavy atom. The van der Waals surface area contributed by atoms with Crippen LogP contribution in [0.3, 0.4) is 0 Å². The third-order valence-electron chi connectivity index (χ3n) is 2.74. The van der Waals surface area contributed by atoms with Crippen LogP contribution in [0.25, 0.3) is 0 Å². The van der Waals surface area contributed by atoms with Crippen LogP contribution < -0.4 is 15.2 Å². The van der Waals surface area contributed by atoms with Crippen molar-refractivity contribution < 1.29 is 13.2 Å². The van der Waals surface area contributed by atoms with Gasteiger partial charge in [-0.1, -0.05) is 18.2 Å². The zero-order valence-electron chi connectivity index (χ0n) is 11.4. The predicted molar refractivity (Wildman–Crippen MR) is 76.6 cm³/mol. The molecule has 108 valence electrons. The maximum absolute atomic E-state index is 10.8. The summed E-state index contributed by atoms with van der Waals surface area (Å²) in [5.41, 5.74) is 1.07. The number of hydrogen-bond acceptors (Lipinski definition) is 4. The summed E-state index contributed by atoms with van der Waals surface area (Å²) < 4.78 is 27.2. The largest absolute Gasteiger partial charge is 0.494 e. The van der Waals surface area contributed by atoms with E-state index in [4.69, 9.17) is 9.88 Å². The van der Waals surface area contributed by atoms with E-state index in [-0.39, 0.29) is 11.8 Å². The minimum absolute atomic E-state index is 0.000172. The fourth-order valence-corrected chi connectivity index (χ4v) is 2.37. The molecule has 5 nitrogen and oxygen atoms in total. The number of ether oxygens (including phenoxy) is 1. The number of hydrogen-bond donors (Lipinski definition) is 2. The number of para-hydroxylation sites is 1. The number of benzene rings is 1. The molecule has 1 aromatic rings. The van der Waals surface area contributed by atoms with Gasteiger partial charge in [-0.05, 0) is 32.9 Å². The van der Waals surface area contributed by atoms with Gasteiger partial charge in [0.1, 0.15) is 5.75 Å². The molecule has 6 heteroatoms. The molecule has 1 atom stereocenters. The van der Waals surface area contributed by atoms with Gasteiger partial charge in [0, 0.05) is 11.6 Å². The molecule has 0 aromatic heterocycles. The van der Waals surface area contributed by atoms with Crippen molar-refractivity contribution in [2.24, 2.45) is 5.14 Å². The number of nitrogens with two attached hydrogens (primary N) is 1. The average molecular weight is 286 g/mol. The number of primary sulfonamides is 1. The molecule has 0 fully saturated rings. The van der Waals surface area contributed by atoms with Gasteiger partial charge in [-0.2, -0.15) is 0 Å². The highest BCUT2D eigenvalue weighted by molar-refractivity contribution is 7.89. The first-order chi connectivity index (χ1) is 8.94. The monoisotopic (exact) mass is 286 g/mol. The SMILES string of the molecule is CCOc1ccccc1C(C)NCCCS(N)(=O)=O. The summed E-state index contributed by atoms with van der Waals surface area (Å²) in [5.74, 6) is 0.858. The Bertz CT molecular complexity index is 488.